The fourth-order valence-corrected chi connectivity index (χ4v) is 8.98. The second-order valence-electron chi connectivity index (χ2n) is 10.3. The number of fused-ring (bicyclic) bond motifs is 3. The van der Waals surface area contributed by atoms with E-state index >= 15 is 0 Å². The Labute approximate surface area is 151 Å². The molecule has 0 aromatic carbocycles. The Morgan fingerprint density at radius 3 is 2.52 bits per heavy atom. The summed E-state index contributed by atoms with van der Waals surface area (Å²) in [7, 11) is 0. The minimum absolute atomic E-state index is 0.0140. The van der Waals surface area contributed by atoms with E-state index in [2.05, 4.69) is 13.8 Å². The van der Waals surface area contributed by atoms with Gasteiger partial charge in [0.2, 0.25) is 0 Å². The quantitative estimate of drug-likeness (QED) is 0.664. The molecule has 0 amide bonds. The van der Waals surface area contributed by atoms with Crippen molar-refractivity contribution in [1.82, 2.24) is 0 Å². The molecule has 1 unspecified atom stereocenters. The van der Waals surface area contributed by atoms with Crippen LogP contribution in [0.15, 0.2) is 11.6 Å². The summed E-state index contributed by atoms with van der Waals surface area (Å²) >= 11 is 0. The lowest BCUT2D eigenvalue weighted by Crippen LogP contribution is -2.54. The number of hydrogen-bond donors (Lipinski definition) is 0. The third kappa shape index (κ3) is 1.68. The molecule has 5 atom stereocenters. The minimum atomic E-state index is -0.0140. The summed E-state index contributed by atoms with van der Waals surface area (Å²) < 4.78 is 0. The van der Waals surface area contributed by atoms with E-state index < -0.39 is 0 Å². The highest BCUT2D eigenvalue weighted by atomic mass is 16.1. The Morgan fingerprint density at radius 1 is 1.12 bits per heavy atom. The molecule has 0 heterocycles. The van der Waals surface area contributed by atoms with Gasteiger partial charge in [0, 0.05) is 11.8 Å². The fourth-order valence-electron chi connectivity index (χ4n) is 8.98. The van der Waals surface area contributed by atoms with Gasteiger partial charge in [-0.3, -0.25) is 9.59 Å². The van der Waals surface area contributed by atoms with Gasteiger partial charge in [-0.2, -0.15) is 0 Å². The number of rotatable bonds is 1. The van der Waals surface area contributed by atoms with Crippen molar-refractivity contribution < 1.29 is 9.59 Å². The lowest BCUT2D eigenvalue weighted by Gasteiger charge is -2.60. The van der Waals surface area contributed by atoms with Crippen molar-refractivity contribution in [2.24, 2.45) is 39.9 Å². The lowest BCUT2D eigenvalue weighted by molar-refractivity contribution is -0.140. The zero-order chi connectivity index (χ0) is 17.6. The molecule has 0 spiro atoms. The predicted molar refractivity (Wildman–Crippen MR) is 97.9 cm³/mol. The summed E-state index contributed by atoms with van der Waals surface area (Å²) in [4.78, 5) is 24.7. The summed E-state index contributed by atoms with van der Waals surface area (Å²) in [6.07, 6.45) is 12.5. The van der Waals surface area contributed by atoms with E-state index in [4.69, 9.17) is 0 Å². The molecule has 0 N–H and O–H groups in total. The summed E-state index contributed by atoms with van der Waals surface area (Å²) in [5.74, 6) is 3.58. The normalized spacial score (nSPS) is 53.7. The van der Waals surface area contributed by atoms with Crippen LogP contribution < -0.4 is 0 Å². The van der Waals surface area contributed by atoms with E-state index in [9.17, 15) is 9.59 Å². The molecule has 0 aromatic rings. The van der Waals surface area contributed by atoms with Crippen molar-refractivity contribution in [2.75, 3.05) is 0 Å². The van der Waals surface area contributed by atoms with Crippen molar-refractivity contribution >= 4 is 11.6 Å². The van der Waals surface area contributed by atoms with Gasteiger partial charge in [0.25, 0.3) is 0 Å². The van der Waals surface area contributed by atoms with Crippen LogP contribution in [-0.2, 0) is 9.59 Å². The molecule has 0 aliphatic heterocycles. The highest BCUT2D eigenvalue weighted by molar-refractivity contribution is 5.91. The van der Waals surface area contributed by atoms with Crippen molar-refractivity contribution in [3.05, 3.63) is 11.6 Å². The topological polar surface area (TPSA) is 34.1 Å². The first kappa shape index (κ1) is 16.3. The fraction of sp³-hybridized carbons (Fsp3) is 0.826. The number of Topliss-reactive ketones (excluding diaryl/α,β-unsaturated/α-hetero) is 1. The van der Waals surface area contributed by atoms with Crippen LogP contribution in [0.3, 0.4) is 0 Å². The van der Waals surface area contributed by atoms with Gasteiger partial charge in [0.1, 0.15) is 5.78 Å². The molecule has 4 saturated carbocycles. The molecule has 136 valence electrons. The van der Waals surface area contributed by atoms with Crippen LogP contribution in [-0.4, -0.2) is 11.6 Å². The maximum absolute atomic E-state index is 12.7. The van der Waals surface area contributed by atoms with Crippen LogP contribution in [0, 0.1) is 39.9 Å². The molecular weight excluding hydrogens is 308 g/mol. The Kier molecular flexibility index (Phi) is 3.17. The number of ketones is 2. The summed E-state index contributed by atoms with van der Waals surface area (Å²) in [5, 5.41) is 0. The first-order valence-corrected chi connectivity index (χ1v) is 10.6. The molecule has 2 heteroatoms. The maximum Gasteiger partial charge on any atom is 0.155 e. The third-order valence-electron chi connectivity index (χ3n) is 10.2. The van der Waals surface area contributed by atoms with E-state index in [0.717, 1.165) is 37.5 Å². The minimum Gasteiger partial charge on any atom is -0.299 e. The van der Waals surface area contributed by atoms with Gasteiger partial charge in [-0.25, -0.2) is 0 Å². The maximum atomic E-state index is 12.7. The smallest absolute Gasteiger partial charge is 0.155 e. The van der Waals surface area contributed by atoms with E-state index in [1.54, 1.807) is 0 Å². The third-order valence-corrected chi connectivity index (χ3v) is 10.2. The summed E-state index contributed by atoms with van der Waals surface area (Å²) in [6.45, 7) is 6.72. The molecule has 0 radical (unpaired) electrons. The standard InChI is InChI=1S/C23H32O2/c1-14-12-20-18(17-5-4-16(25)13-19(14)17)6-7-21(3)22(15(2)24)8-10-23(20,21)11-9-22/h13-14,17-18,20H,4-12H2,1-3H3/t14?,17-,18-,20-,21-,22?,23?/m1/s1. The molecule has 5 aliphatic carbocycles. The zero-order valence-electron chi connectivity index (χ0n) is 16.1. The SMILES string of the molecule is CC(=O)C12CCC3(CC1)[C@@H]1CC(C)C4=CC(=O)CC[C@@H]4[C@H]1CC[C@]23C. The van der Waals surface area contributed by atoms with Gasteiger partial charge in [0.05, 0.1) is 0 Å². The zero-order valence-corrected chi connectivity index (χ0v) is 16.1. The number of carbonyl (C=O) groups excluding carboxylic acids is 2. The molecule has 4 fully saturated rings. The van der Waals surface area contributed by atoms with Crippen LogP contribution in [0.1, 0.15) is 78.6 Å². The van der Waals surface area contributed by atoms with Crippen LogP contribution in [0.25, 0.3) is 0 Å². The number of carbonyl (C=O) groups is 2. The van der Waals surface area contributed by atoms with Crippen LogP contribution >= 0.6 is 0 Å². The summed E-state index contributed by atoms with van der Waals surface area (Å²) in [6, 6.07) is 0. The molecule has 2 bridgehead atoms. The molecule has 5 rings (SSSR count). The Hall–Kier alpha value is -0.920. The first-order valence-electron chi connectivity index (χ1n) is 10.6. The van der Waals surface area contributed by atoms with Gasteiger partial charge in [-0.05, 0) is 98.9 Å². The Balaban J connectivity index is 1.58. The molecule has 5 aliphatic rings. The molecule has 2 nitrogen and oxygen atoms in total. The predicted octanol–water partition coefficient (Wildman–Crippen LogP) is 5.11. The average molecular weight is 341 g/mol. The van der Waals surface area contributed by atoms with Gasteiger partial charge in [0.15, 0.2) is 5.78 Å². The first-order chi connectivity index (χ1) is 11.8. The molecule has 0 saturated heterocycles. The second-order valence-corrected chi connectivity index (χ2v) is 10.3. The Bertz CT molecular complexity index is 678. The van der Waals surface area contributed by atoms with E-state index in [1.807, 2.05) is 13.0 Å². The lowest BCUT2D eigenvalue weighted by atomic mass is 9.44. The summed E-state index contributed by atoms with van der Waals surface area (Å²) in [5.41, 5.74) is 2.10. The van der Waals surface area contributed by atoms with Gasteiger partial charge in [-0.1, -0.05) is 19.4 Å². The monoisotopic (exact) mass is 340 g/mol. The van der Waals surface area contributed by atoms with E-state index in [-0.39, 0.29) is 10.8 Å². The Morgan fingerprint density at radius 2 is 1.84 bits per heavy atom. The number of hydrogen-bond acceptors (Lipinski definition) is 2. The molecule has 25 heavy (non-hydrogen) atoms. The number of allylic oxidation sites excluding steroid dienone is 1. The average Bonchev–Trinajstić information content (AvgIpc) is 3.01. The largest absolute Gasteiger partial charge is 0.299 e. The van der Waals surface area contributed by atoms with Gasteiger partial charge >= 0.3 is 0 Å². The highest BCUT2D eigenvalue weighted by Gasteiger charge is 2.75. The highest BCUT2D eigenvalue weighted by Crippen LogP contribution is 2.81. The van der Waals surface area contributed by atoms with E-state index in [1.165, 1.54) is 37.7 Å². The van der Waals surface area contributed by atoms with Crippen LogP contribution in [0.5, 0.6) is 0 Å². The van der Waals surface area contributed by atoms with Crippen molar-refractivity contribution in [2.45, 2.75) is 78.6 Å². The van der Waals surface area contributed by atoms with Crippen molar-refractivity contribution in [3.8, 4) is 0 Å². The van der Waals surface area contributed by atoms with Crippen LogP contribution in [0.2, 0.25) is 0 Å². The van der Waals surface area contributed by atoms with Crippen LogP contribution in [0.4, 0.5) is 0 Å². The van der Waals surface area contributed by atoms with Crippen molar-refractivity contribution in [1.29, 1.82) is 0 Å². The molecular formula is C23H32O2. The second kappa shape index (κ2) is 4.87. The van der Waals surface area contributed by atoms with Gasteiger partial charge in [-0.15, -0.1) is 0 Å². The molecule has 0 aromatic heterocycles. The van der Waals surface area contributed by atoms with Crippen molar-refractivity contribution in [3.63, 3.8) is 0 Å². The van der Waals surface area contributed by atoms with E-state index in [0.29, 0.717) is 28.8 Å². The van der Waals surface area contributed by atoms with Gasteiger partial charge < -0.3 is 0 Å².